The number of carbonyl (C=O) groups is 2. The van der Waals surface area contributed by atoms with Gasteiger partial charge in [-0.05, 0) is 29.8 Å². The van der Waals surface area contributed by atoms with Crippen LogP contribution < -0.4 is 5.32 Å². The second-order valence-corrected chi connectivity index (χ2v) is 7.59. The zero-order valence-electron chi connectivity index (χ0n) is 16.0. The lowest BCUT2D eigenvalue weighted by molar-refractivity contribution is -0.131. The average molecular weight is 409 g/mol. The van der Waals surface area contributed by atoms with E-state index in [2.05, 4.69) is 15.5 Å². The Kier molecular flexibility index (Phi) is 5.36. The Balaban J connectivity index is 1.46. The topological polar surface area (TPSA) is 78.1 Å². The summed E-state index contributed by atoms with van der Waals surface area (Å²) in [5.74, 6) is -0.0410. The summed E-state index contributed by atoms with van der Waals surface area (Å²) in [7, 11) is 0. The Morgan fingerprint density at radius 3 is 2.55 bits per heavy atom. The minimum atomic E-state index is -0.116. The number of aromatic nitrogens is 2. The first kappa shape index (κ1) is 19.2. The number of hydrogen-bond donors (Lipinski definition) is 2. The summed E-state index contributed by atoms with van der Waals surface area (Å²) < 4.78 is 0. The van der Waals surface area contributed by atoms with Crippen LogP contribution in [0.25, 0.3) is 11.3 Å². The molecule has 0 radical (unpaired) electrons. The summed E-state index contributed by atoms with van der Waals surface area (Å²) in [5.41, 5.74) is 5.64. The first-order chi connectivity index (χ1) is 14.0. The maximum absolute atomic E-state index is 12.9. The number of amides is 2. The molecule has 0 unspecified atom stereocenters. The second-order valence-electron chi connectivity index (χ2n) is 7.16. The second kappa shape index (κ2) is 8.09. The van der Waals surface area contributed by atoms with E-state index in [0.717, 1.165) is 40.2 Å². The van der Waals surface area contributed by atoms with E-state index in [1.165, 1.54) is 6.92 Å². The summed E-state index contributed by atoms with van der Waals surface area (Å²) in [6, 6.07) is 14.9. The van der Waals surface area contributed by atoms with Gasteiger partial charge < -0.3 is 10.2 Å². The van der Waals surface area contributed by atoms with Crippen molar-refractivity contribution in [2.45, 2.75) is 26.3 Å². The third-order valence-electron chi connectivity index (χ3n) is 5.03. The first-order valence-electron chi connectivity index (χ1n) is 9.46. The minimum absolute atomic E-state index is 0.0752. The lowest BCUT2D eigenvalue weighted by Crippen LogP contribution is -2.36. The molecule has 7 heteroatoms. The molecule has 3 aromatic rings. The van der Waals surface area contributed by atoms with Gasteiger partial charge in [-0.15, -0.1) is 0 Å². The van der Waals surface area contributed by atoms with Crippen LogP contribution in [0, 0.1) is 0 Å². The van der Waals surface area contributed by atoms with Crippen LogP contribution in [0.2, 0.25) is 5.02 Å². The van der Waals surface area contributed by atoms with Gasteiger partial charge in [0.2, 0.25) is 11.8 Å². The highest BCUT2D eigenvalue weighted by atomic mass is 35.5. The number of nitrogens with one attached hydrogen (secondary N) is 2. The van der Waals surface area contributed by atoms with Gasteiger partial charge in [0.25, 0.3) is 0 Å². The van der Waals surface area contributed by atoms with E-state index >= 15 is 0 Å². The summed E-state index contributed by atoms with van der Waals surface area (Å²) >= 11 is 5.99. The number of fused-ring (bicyclic) bond motifs is 1. The standard InChI is InChI=1S/C22H21ClN4O2/c1-14(28)24-18-8-2-15(3-9-18)12-21(29)27-11-10-20-19(13-27)22(26-25-20)16-4-6-17(23)7-5-16/h2-9H,10-13H2,1H3,(H,24,28)(H,25,26). The number of anilines is 1. The number of rotatable bonds is 4. The Morgan fingerprint density at radius 2 is 1.86 bits per heavy atom. The summed E-state index contributed by atoms with van der Waals surface area (Å²) in [4.78, 5) is 25.9. The molecule has 0 saturated carbocycles. The van der Waals surface area contributed by atoms with E-state index in [1.807, 2.05) is 53.4 Å². The number of carbonyl (C=O) groups excluding carboxylic acids is 2. The van der Waals surface area contributed by atoms with Crippen molar-refractivity contribution in [3.8, 4) is 11.3 Å². The maximum Gasteiger partial charge on any atom is 0.227 e. The van der Waals surface area contributed by atoms with Gasteiger partial charge in [-0.25, -0.2) is 0 Å². The predicted octanol–water partition coefficient (Wildman–Crippen LogP) is 3.82. The van der Waals surface area contributed by atoms with Crippen LogP contribution in [0.15, 0.2) is 48.5 Å². The highest BCUT2D eigenvalue weighted by Gasteiger charge is 2.25. The molecule has 0 bridgehead atoms. The van der Waals surface area contributed by atoms with Crippen molar-refractivity contribution in [1.29, 1.82) is 0 Å². The molecule has 4 rings (SSSR count). The number of hydrogen-bond acceptors (Lipinski definition) is 3. The van der Waals surface area contributed by atoms with E-state index in [4.69, 9.17) is 11.6 Å². The van der Waals surface area contributed by atoms with Crippen molar-refractivity contribution in [3.05, 3.63) is 70.4 Å². The number of nitrogens with zero attached hydrogens (tertiary/aromatic N) is 2. The molecule has 0 spiro atoms. The zero-order chi connectivity index (χ0) is 20.4. The molecule has 2 N–H and O–H groups in total. The fraction of sp³-hybridized carbons (Fsp3) is 0.227. The fourth-order valence-corrected chi connectivity index (χ4v) is 3.68. The van der Waals surface area contributed by atoms with Crippen LogP contribution in [-0.2, 0) is 29.0 Å². The summed E-state index contributed by atoms with van der Waals surface area (Å²) in [6.07, 6.45) is 1.08. The molecule has 1 aromatic heterocycles. The molecule has 0 atom stereocenters. The fourth-order valence-electron chi connectivity index (χ4n) is 3.55. The number of halogens is 1. The monoisotopic (exact) mass is 408 g/mol. The van der Waals surface area contributed by atoms with E-state index in [-0.39, 0.29) is 11.8 Å². The molecule has 0 fully saturated rings. The Hall–Kier alpha value is -3.12. The predicted molar refractivity (Wildman–Crippen MR) is 113 cm³/mol. The van der Waals surface area contributed by atoms with Gasteiger partial charge in [-0.3, -0.25) is 14.7 Å². The summed E-state index contributed by atoms with van der Waals surface area (Å²) in [5, 5.41) is 11.0. The van der Waals surface area contributed by atoms with Crippen LogP contribution >= 0.6 is 11.6 Å². The first-order valence-corrected chi connectivity index (χ1v) is 9.84. The number of benzene rings is 2. The van der Waals surface area contributed by atoms with Crippen molar-refractivity contribution >= 4 is 29.1 Å². The highest BCUT2D eigenvalue weighted by molar-refractivity contribution is 6.30. The maximum atomic E-state index is 12.9. The number of H-pyrrole nitrogens is 1. The van der Waals surface area contributed by atoms with Crippen LogP contribution in [0.1, 0.15) is 23.7 Å². The third kappa shape index (κ3) is 4.32. The molecule has 0 aliphatic carbocycles. The minimum Gasteiger partial charge on any atom is -0.338 e. The van der Waals surface area contributed by atoms with Gasteiger partial charge >= 0.3 is 0 Å². The molecular weight excluding hydrogens is 388 g/mol. The smallest absolute Gasteiger partial charge is 0.227 e. The van der Waals surface area contributed by atoms with Crippen molar-refractivity contribution in [2.24, 2.45) is 0 Å². The van der Waals surface area contributed by atoms with Crippen LogP contribution in [-0.4, -0.2) is 33.5 Å². The van der Waals surface area contributed by atoms with Crippen LogP contribution in [0.5, 0.6) is 0 Å². The molecule has 29 heavy (non-hydrogen) atoms. The Labute approximate surface area is 173 Å². The van der Waals surface area contributed by atoms with Crippen molar-refractivity contribution in [1.82, 2.24) is 15.1 Å². The summed E-state index contributed by atoms with van der Waals surface area (Å²) in [6.45, 7) is 2.67. The molecule has 0 saturated heterocycles. The Morgan fingerprint density at radius 1 is 1.14 bits per heavy atom. The van der Waals surface area contributed by atoms with Gasteiger partial charge in [-0.1, -0.05) is 35.9 Å². The van der Waals surface area contributed by atoms with Crippen LogP contribution in [0.4, 0.5) is 5.69 Å². The number of aromatic amines is 1. The third-order valence-corrected chi connectivity index (χ3v) is 5.29. The molecule has 1 aliphatic heterocycles. The lowest BCUT2D eigenvalue weighted by atomic mass is 10.0. The molecular formula is C22H21ClN4O2. The largest absolute Gasteiger partial charge is 0.338 e. The van der Waals surface area contributed by atoms with E-state index < -0.39 is 0 Å². The quantitative estimate of drug-likeness (QED) is 0.688. The molecule has 2 aromatic carbocycles. The normalized spacial score (nSPS) is 13.1. The lowest BCUT2D eigenvalue weighted by Gasteiger charge is -2.27. The van der Waals surface area contributed by atoms with Gasteiger partial charge in [0.15, 0.2) is 0 Å². The van der Waals surface area contributed by atoms with Gasteiger partial charge in [0.1, 0.15) is 0 Å². The van der Waals surface area contributed by atoms with Crippen molar-refractivity contribution in [2.75, 3.05) is 11.9 Å². The van der Waals surface area contributed by atoms with E-state index in [9.17, 15) is 9.59 Å². The van der Waals surface area contributed by atoms with Gasteiger partial charge in [-0.2, -0.15) is 5.10 Å². The molecule has 1 aliphatic rings. The Bertz CT molecular complexity index is 1040. The van der Waals surface area contributed by atoms with Crippen molar-refractivity contribution in [3.63, 3.8) is 0 Å². The van der Waals surface area contributed by atoms with Crippen molar-refractivity contribution < 1.29 is 9.59 Å². The van der Waals surface area contributed by atoms with E-state index in [1.54, 1.807) is 0 Å². The van der Waals surface area contributed by atoms with Gasteiger partial charge in [0.05, 0.1) is 12.1 Å². The highest BCUT2D eigenvalue weighted by Crippen LogP contribution is 2.29. The van der Waals surface area contributed by atoms with Gasteiger partial charge in [0, 0.05) is 54.0 Å². The molecule has 6 nitrogen and oxygen atoms in total. The van der Waals surface area contributed by atoms with E-state index in [0.29, 0.717) is 24.5 Å². The molecule has 2 amide bonds. The average Bonchev–Trinajstić information content (AvgIpc) is 3.13. The zero-order valence-corrected chi connectivity index (χ0v) is 16.8. The molecule has 2 heterocycles. The SMILES string of the molecule is CC(=O)Nc1ccc(CC(=O)N2CCc3[nH]nc(-c4ccc(Cl)cc4)c3C2)cc1. The molecule has 148 valence electrons. The van der Waals surface area contributed by atoms with Crippen LogP contribution in [0.3, 0.4) is 0 Å².